The highest BCUT2D eigenvalue weighted by Gasteiger charge is 2.41. The number of rotatable bonds is 6. The van der Waals surface area contributed by atoms with Gasteiger partial charge in [0.2, 0.25) is 0 Å². The predicted octanol–water partition coefficient (Wildman–Crippen LogP) is 3.22. The van der Waals surface area contributed by atoms with Crippen molar-refractivity contribution in [3.05, 3.63) is 0 Å². The SMILES string of the molecule is CCCC(C)CC(C)(CO)C1CC1. The van der Waals surface area contributed by atoms with Crippen LogP contribution in [0.4, 0.5) is 0 Å². The molecule has 2 unspecified atom stereocenters. The van der Waals surface area contributed by atoms with Crippen molar-refractivity contribution >= 4 is 0 Å². The van der Waals surface area contributed by atoms with E-state index in [1.807, 2.05) is 0 Å². The van der Waals surface area contributed by atoms with Crippen LogP contribution in [-0.4, -0.2) is 11.7 Å². The van der Waals surface area contributed by atoms with Gasteiger partial charge < -0.3 is 5.11 Å². The van der Waals surface area contributed by atoms with Crippen molar-refractivity contribution in [1.82, 2.24) is 0 Å². The lowest BCUT2D eigenvalue weighted by Crippen LogP contribution is -2.26. The molecular formula is C12H24O. The van der Waals surface area contributed by atoms with E-state index >= 15 is 0 Å². The van der Waals surface area contributed by atoms with Crippen LogP contribution in [0.1, 0.15) is 52.9 Å². The van der Waals surface area contributed by atoms with E-state index in [4.69, 9.17) is 0 Å². The Bertz CT molecular complexity index is 151. The van der Waals surface area contributed by atoms with Crippen LogP contribution in [0.5, 0.6) is 0 Å². The second-order valence-electron chi connectivity index (χ2n) is 5.18. The summed E-state index contributed by atoms with van der Waals surface area (Å²) in [5.74, 6) is 1.60. The molecule has 13 heavy (non-hydrogen) atoms. The maximum absolute atomic E-state index is 9.41. The summed E-state index contributed by atoms with van der Waals surface area (Å²) in [6.07, 6.45) is 6.48. The van der Waals surface area contributed by atoms with Crippen molar-refractivity contribution in [3.63, 3.8) is 0 Å². The molecule has 1 saturated carbocycles. The molecule has 0 spiro atoms. The van der Waals surface area contributed by atoms with E-state index < -0.39 is 0 Å². The van der Waals surface area contributed by atoms with Crippen molar-refractivity contribution in [2.24, 2.45) is 17.3 Å². The molecule has 0 heterocycles. The van der Waals surface area contributed by atoms with Gasteiger partial charge >= 0.3 is 0 Å². The first kappa shape index (κ1) is 11.0. The number of aliphatic hydroxyl groups excluding tert-OH is 1. The third-order valence-electron chi connectivity index (χ3n) is 3.52. The highest BCUT2D eigenvalue weighted by atomic mass is 16.3. The molecule has 1 rings (SSSR count). The summed E-state index contributed by atoms with van der Waals surface area (Å²) in [5, 5.41) is 9.41. The zero-order chi connectivity index (χ0) is 9.90. The lowest BCUT2D eigenvalue weighted by atomic mass is 9.77. The summed E-state index contributed by atoms with van der Waals surface area (Å²) in [4.78, 5) is 0. The molecule has 0 aliphatic heterocycles. The van der Waals surface area contributed by atoms with E-state index in [2.05, 4.69) is 20.8 Å². The molecule has 1 aliphatic rings. The normalized spacial score (nSPS) is 24.0. The fourth-order valence-electron chi connectivity index (χ4n) is 2.53. The standard InChI is InChI=1S/C12H24O/c1-4-5-10(2)8-12(3,9-13)11-6-7-11/h10-11,13H,4-9H2,1-3H3. The molecule has 1 fully saturated rings. The van der Waals surface area contributed by atoms with Gasteiger partial charge in [-0.3, -0.25) is 0 Å². The van der Waals surface area contributed by atoms with Gasteiger partial charge in [0.1, 0.15) is 0 Å². The van der Waals surface area contributed by atoms with E-state index in [0.29, 0.717) is 6.61 Å². The van der Waals surface area contributed by atoms with Crippen molar-refractivity contribution < 1.29 is 5.11 Å². The van der Waals surface area contributed by atoms with Gasteiger partial charge in [0.05, 0.1) is 0 Å². The van der Waals surface area contributed by atoms with Crippen LogP contribution in [0, 0.1) is 17.3 Å². The molecule has 0 aromatic heterocycles. The maximum atomic E-state index is 9.41. The smallest absolute Gasteiger partial charge is 0.0487 e. The van der Waals surface area contributed by atoms with Crippen molar-refractivity contribution in [2.45, 2.75) is 52.9 Å². The summed E-state index contributed by atoms with van der Waals surface area (Å²) in [6, 6.07) is 0. The Hall–Kier alpha value is -0.0400. The Morgan fingerprint density at radius 2 is 2.08 bits per heavy atom. The van der Waals surface area contributed by atoms with Crippen LogP contribution in [0.3, 0.4) is 0 Å². The van der Waals surface area contributed by atoms with Crippen molar-refractivity contribution in [3.8, 4) is 0 Å². The highest BCUT2D eigenvalue weighted by molar-refractivity contribution is 4.91. The molecule has 1 N–H and O–H groups in total. The summed E-state index contributed by atoms with van der Waals surface area (Å²) >= 11 is 0. The maximum Gasteiger partial charge on any atom is 0.0487 e. The molecule has 0 radical (unpaired) electrons. The number of aliphatic hydroxyl groups is 1. The van der Waals surface area contributed by atoms with E-state index in [-0.39, 0.29) is 5.41 Å². The first-order valence-electron chi connectivity index (χ1n) is 5.73. The van der Waals surface area contributed by atoms with E-state index in [1.54, 1.807) is 0 Å². The highest BCUT2D eigenvalue weighted by Crippen LogP contribution is 2.48. The summed E-state index contributed by atoms with van der Waals surface area (Å²) in [6.45, 7) is 7.20. The summed E-state index contributed by atoms with van der Waals surface area (Å²) in [5.41, 5.74) is 0.231. The van der Waals surface area contributed by atoms with Gasteiger partial charge in [-0.1, -0.05) is 33.6 Å². The largest absolute Gasteiger partial charge is 0.396 e. The fourth-order valence-corrected chi connectivity index (χ4v) is 2.53. The van der Waals surface area contributed by atoms with E-state index in [9.17, 15) is 5.11 Å². The minimum absolute atomic E-state index is 0.231. The van der Waals surface area contributed by atoms with E-state index in [0.717, 1.165) is 11.8 Å². The number of hydrogen-bond donors (Lipinski definition) is 1. The topological polar surface area (TPSA) is 20.2 Å². The van der Waals surface area contributed by atoms with Crippen LogP contribution in [-0.2, 0) is 0 Å². The molecule has 0 bridgehead atoms. The van der Waals surface area contributed by atoms with Crippen LogP contribution in [0.15, 0.2) is 0 Å². The molecule has 1 heteroatoms. The van der Waals surface area contributed by atoms with Crippen LogP contribution in [0.25, 0.3) is 0 Å². The van der Waals surface area contributed by atoms with Gasteiger partial charge in [0.15, 0.2) is 0 Å². The Kier molecular flexibility index (Phi) is 3.78. The van der Waals surface area contributed by atoms with Gasteiger partial charge in [-0.2, -0.15) is 0 Å². The average Bonchev–Trinajstić information content (AvgIpc) is 2.86. The minimum Gasteiger partial charge on any atom is -0.396 e. The minimum atomic E-state index is 0.231. The molecule has 0 saturated heterocycles. The zero-order valence-electron chi connectivity index (χ0n) is 9.34. The van der Waals surface area contributed by atoms with Gasteiger partial charge in [-0.15, -0.1) is 0 Å². The fraction of sp³-hybridized carbons (Fsp3) is 1.00. The Morgan fingerprint density at radius 1 is 1.46 bits per heavy atom. The van der Waals surface area contributed by atoms with Crippen LogP contribution in [0.2, 0.25) is 0 Å². The van der Waals surface area contributed by atoms with Crippen LogP contribution >= 0.6 is 0 Å². The predicted molar refractivity (Wildman–Crippen MR) is 56.6 cm³/mol. The molecule has 0 aromatic rings. The lowest BCUT2D eigenvalue weighted by Gasteiger charge is -2.30. The van der Waals surface area contributed by atoms with Crippen molar-refractivity contribution in [1.29, 1.82) is 0 Å². The molecule has 0 aromatic carbocycles. The Balaban J connectivity index is 2.37. The van der Waals surface area contributed by atoms with E-state index in [1.165, 1.54) is 32.1 Å². The molecule has 0 amide bonds. The lowest BCUT2D eigenvalue weighted by molar-refractivity contribution is 0.0916. The molecule has 1 nitrogen and oxygen atoms in total. The first-order valence-corrected chi connectivity index (χ1v) is 5.73. The van der Waals surface area contributed by atoms with Gasteiger partial charge in [-0.25, -0.2) is 0 Å². The Labute approximate surface area is 82.5 Å². The van der Waals surface area contributed by atoms with Crippen molar-refractivity contribution in [2.75, 3.05) is 6.61 Å². The molecular weight excluding hydrogens is 160 g/mol. The molecule has 2 atom stereocenters. The summed E-state index contributed by atoms with van der Waals surface area (Å²) < 4.78 is 0. The second-order valence-corrected chi connectivity index (χ2v) is 5.18. The van der Waals surface area contributed by atoms with Crippen LogP contribution < -0.4 is 0 Å². The molecule has 78 valence electrons. The zero-order valence-corrected chi connectivity index (χ0v) is 9.34. The quantitative estimate of drug-likeness (QED) is 0.672. The Morgan fingerprint density at radius 3 is 2.46 bits per heavy atom. The average molecular weight is 184 g/mol. The molecule has 1 aliphatic carbocycles. The van der Waals surface area contributed by atoms with Gasteiger partial charge in [-0.05, 0) is 36.5 Å². The number of hydrogen-bond acceptors (Lipinski definition) is 1. The van der Waals surface area contributed by atoms with Gasteiger partial charge in [0, 0.05) is 6.61 Å². The third kappa shape index (κ3) is 2.98. The third-order valence-corrected chi connectivity index (χ3v) is 3.52. The van der Waals surface area contributed by atoms with Gasteiger partial charge in [0.25, 0.3) is 0 Å². The monoisotopic (exact) mass is 184 g/mol. The summed E-state index contributed by atoms with van der Waals surface area (Å²) in [7, 11) is 0. The second kappa shape index (κ2) is 4.45. The first-order chi connectivity index (χ1) is 6.12.